The molecule has 0 atom stereocenters. The first-order chi connectivity index (χ1) is 8.05. The van der Waals surface area contributed by atoms with Crippen molar-refractivity contribution < 1.29 is 8.42 Å². The minimum atomic E-state index is -3.21. The van der Waals surface area contributed by atoms with Gasteiger partial charge >= 0.3 is 0 Å². The molecule has 0 unspecified atom stereocenters. The van der Waals surface area contributed by atoms with Gasteiger partial charge in [0.15, 0.2) is 0 Å². The van der Waals surface area contributed by atoms with Crippen LogP contribution < -0.4 is 5.32 Å². The molecule has 1 heterocycles. The van der Waals surface area contributed by atoms with Crippen molar-refractivity contribution in [2.24, 2.45) is 0 Å². The second kappa shape index (κ2) is 4.63. The van der Waals surface area contributed by atoms with Crippen molar-refractivity contribution in [3.63, 3.8) is 0 Å². The Kier molecular flexibility index (Phi) is 3.35. The van der Waals surface area contributed by atoms with Crippen molar-refractivity contribution in [1.82, 2.24) is 5.32 Å². The van der Waals surface area contributed by atoms with E-state index in [9.17, 15) is 8.42 Å². The molecule has 1 aromatic rings. The van der Waals surface area contributed by atoms with Gasteiger partial charge in [-0.3, -0.25) is 0 Å². The number of aryl methyl sites for hydroxylation is 1. The fraction of sp³-hybridized carbons (Fsp3) is 0.385. The Bertz CT molecular complexity index is 559. The molecule has 2 rings (SSSR count). The largest absolute Gasteiger partial charge is 0.320 e. The third-order valence-electron chi connectivity index (χ3n) is 2.97. The summed E-state index contributed by atoms with van der Waals surface area (Å²) in [6.07, 6.45) is 3.26. The zero-order valence-corrected chi connectivity index (χ0v) is 11.0. The molecule has 0 amide bonds. The standard InChI is InChI=1S/C13H17NO2S/c1-10-5-6-13-11(8-10)9-12(17(13,15)16)4-3-7-14-2/h5-6,8-9,14H,3-4,7H2,1-2H3. The molecule has 1 aliphatic rings. The molecule has 0 spiro atoms. The van der Waals surface area contributed by atoms with Crippen LogP contribution in [0, 0.1) is 6.92 Å². The predicted molar refractivity (Wildman–Crippen MR) is 69.5 cm³/mol. The molecular formula is C13H17NO2S. The smallest absolute Gasteiger partial charge is 0.203 e. The number of hydrogen-bond acceptors (Lipinski definition) is 3. The highest BCUT2D eigenvalue weighted by Crippen LogP contribution is 2.35. The van der Waals surface area contributed by atoms with Crippen molar-refractivity contribution in [3.8, 4) is 0 Å². The fourth-order valence-electron chi connectivity index (χ4n) is 2.06. The third kappa shape index (κ3) is 2.28. The van der Waals surface area contributed by atoms with Gasteiger partial charge in [-0.05, 0) is 51.1 Å². The van der Waals surface area contributed by atoms with Crippen molar-refractivity contribution in [1.29, 1.82) is 0 Å². The highest BCUT2D eigenvalue weighted by atomic mass is 32.2. The minimum Gasteiger partial charge on any atom is -0.320 e. The van der Waals surface area contributed by atoms with Crippen LogP contribution in [0.15, 0.2) is 28.0 Å². The number of rotatable bonds is 4. The van der Waals surface area contributed by atoms with Gasteiger partial charge in [-0.25, -0.2) is 8.42 Å². The summed E-state index contributed by atoms with van der Waals surface area (Å²) in [6.45, 7) is 2.81. The van der Waals surface area contributed by atoms with Crippen LogP contribution in [0.2, 0.25) is 0 Å². The maximum atomic E-state index is 12.2. The number of fused-ring (bicyclic) bond motifs is 1. The second-order valence-corrected chi connectivity index (χ2v) is 6.33. The summed E-state index contributed by atoms with van der Waals surface area (Å²) in [5.74, 6) is 0. The van der Waals surface area contributed by atoms with Gasteiger partial charge in [-0.1, -0.05) is 17.7 Å². The Morgan fingerprint density at radius 2 is 2.06 bits per heavy atom. The van der Waals surface area contributed by atoms with Crippen LogP contribution in [0.3, 0.4) is 0 Å². The fourth-order valence-corrected chi connectivity index (χ4v) is 3.72. The van der Waals surface area contributed by atoms with Crippen molar-refractivity contribution in [2.75, 3.05) is 13.6 Å². The van der Waals surface area contributed by atoms with Crippen LogP contribution in [0.5, 0.6) is 0 Å². The Morgan fingerprint density at radius 3 is 2.76 bits per heavy atom. The lowest BCUT2D eigenvalue weighted by atomic mass is 10.1. The third-order valence-corrected chi connectivity index (χ3v) is 4.93. The van der Waals surface area contributed by atoms with Crippen LogP contribution in [0.4, 0.5) is 0 Å². The lowest BCUT2D eigenvalue weighted by Gasteiger charge is -2.03. The molecule has 0 aromatic heterocycles. The normalized spacial score (nSPS) is 16.7. The highest BCUT2D eigenvalue weighted by Gasteiger charge is 2.28. The van der Waals surface area contributed by atoms with Crippen LogP contribution in [-0.2, 0) is 9.84 Å². The Morgan fingerprint density at radius 1 is 1.29 bits per heavy atom. The predicted octanol–water partition coefficient (Wildman–Crippen LogP) is 2.12. The molecule has 4 heteroatoms. The first kappa shape index (κ1) is 12.3. The quantitative estimate of drug-likeness (QED) is 0.834. The van der Waals surface area contributed by atoms with Gasteiger partial charge in [0.2, 0.25) is 9.84 Å². The van der Waals surface area contributed by atoms with E-state index in [4.69, 9.17) is 0 Å². The van der Waals surface area contributed by atoms with E-state index in [1.165, 1.54) is 0 Å². The molecule has 0 saturated carbocycles. The maximum Gasteiger partial charge on any atom is 0.203 e. The first-order valence-corrected chi connectivity index (χ1v) is 7.25. The Balaban J connectivity index is 2.30. The van der Waals surface area contributed by atoms with Gasteiger partial charge in [-0.15, -0.1) is 0 Å². The molecule has 17 heavy (non-hydrogen) atoms. The van der Waals surface area contributed by atoms with Gasteiger partial charge < -0.3 is 5.32 Å². The minimum absolute atomic E-state index is 0.461. The Hall–Kier alpha value is -1.13. The van der Waals surface area contributed by atoms with E-state index >= 15 is 0 Å². The number of benzene rings is 1. The summed E-state index contributed by atoms with van der Waals surface area (Å²) < 4.78 is 24.4. The van der Waals surface area contributed by atoms with Crippen LogP contribution in [0.1, 0.15) is 24.0 Å². The Labute approximate surface area is 102 Å². The molecule has 1 aliphatic heterocycles. The highest BCUT2D eigenvalue weighted by molar-refractivity contribution is 7.95. The van der Waals surface area contributed by atoms with Crippen LogP contribution in [-0.4, -0.2) is 22.0 Å². The van der Waals surface area contributed by atoms with E-state index in [0.29, 0.717) is 16.2 Å². The van der Waals surface area contributed by atoms with E-state index in [1.807, 2.05) is 32.2 Å². The van der Waals surface area contributed by atoms with Gasteiger partial charge in [0, 0.05) is 4.91 Å². The van der Waals surface area contributed by atoms with Crippen LogP contribution in [0.25, 0.3) is 6.08 Å². The molecule has 92 valence electrons. The average molecular weight is 251 g/mol. The topological polar surface area (TPSA) is 46.2 Å². The average Bonchev–Trinajstić information content (AvgIpc) is 2.50. The van der Waals surface area contributed by atoms with E-state index in [0.717, 1.165) is 24.1 Å². The number of hydrogen-bond donors (Lipinski definition) is 1. The SMILES string of the molecule is CNCCCC1=Cc2cc(C)ccc2S1(=O)=O. The number of nitrogens with one attached hydrogen (secondary N) is 1. The molecule has 0 aliphatic carbocycles. The number of allylic oxidation sites excluding steroid dienone is 1. The van der Waals surface area contributed by atoms with Gasteiger partial charge in [-0.2, -0.15) is 0 Å². The zero-order chi connectivity index (χ0) is 12.5. The van der Waals surface area contributed by atoms with Crippen molar-refractivity contribution in [2.45, 2.75) is 24.7 Å². The van der Waals surface area contributed by atoms with Crippen LogP contribution >= 0.6 is 0 Å². The van der Waals surface area contributed by atoms with E-state index < -0.39 is 9.84 Å². The van der Waals surface area contributed by atoms with E-state index in [-0.39, 0.29) is 0 Å². The van der Waals surface area contributed by atoms with Crippen molar-refractivity contribution >= 4 is 15.9 Å². The summed E-state index contributed by atoms with van der Waals surface area (Å²) >= 11 is 0. The molecule has 0 saturated heterocycles. The molecule has 0 fully saturated rings. The van der Waals surface area contributed by atoms with Gasteiger partial charge in [0.05, 0.1) is 4.90 Å². The zero-order valence-electron chi connectivity index (χ0n) is 10.2. The summed E-state index contributed by atoms with van der Waals surface area (Å²) in [5.41, 5.74) is 1.93. The van der Waals surface area contributed by atoms with Gasteiger partial charge in [0.25, 0.3) is 0 Å². The molecule has 0 radical (unpaired) electrons. The second-order valence-electron chi connectivity index (χ2n) is 4.36. The lowest BCUT2D eigenvalue weighted by Crippen LogP contribution is -2.09. The summed E-state index contributed by atoms with van der Waals surface area (Å²) in [6, 6.07) is 5.49. The molecular weight excluding hydrogens is 234 g/mol. The first-order valence-electron chi connectivity index (χ1n) is 5.76. The van der Waals surface area contributed by atoms with E-state index in [2.05, 4.69) is 5.32 Å². The van der Waals surface area contributed by atoms with Gasteiger partial charge in [0.1, 0.15) is 0 Å². The molecule has 0 bridgehead atoms. The summed E-state index contributed by atoms with van der Waals surface area (Å²) in [4.78, 5) is 1.01. The maximum absolute atomic E-state index is 12.2. The summed E-state index contributed by atoms with van der Waals surface area (Å²) in [7, 11) is -1.34. The molecule has 3 nitrogen and oxygen atoms in total. The molecule has 1 N–H and O–H groups in total. The van der Waals surface area contributed by atoms with E-state index in [1.54, 1.807) is 6.07 Å². The summed E-state index contributed by atoms with van der Waals surface area (Å²) in [5, 5.41) is 3.03. The van der Waals surface area contributed by atoms with Crippen molar-refractivity contribution in [3.05, 3.63) is 34.2 Å². The lowest BCUT2D eigenvalue weighted by molar-refractivity contribution is 0.600. The number of sulfone groups is 1. The molecule has 1 aromatic carbocycles. The monoisotopic (exact) mass is 251 g/mol.